The first kappa shape index (κ1) is 21.0. The van der Waals surface area contributed by atoms with E-state index in [2.05, 4.69) is 27.9 Å². The zero-order chi connectivity index (χ0) is 20.3. The van der Waals surface area contributed by atoms with Crippen molar-refractivity contribution in [3.8, 4) is 5.75 Å². The molecule has 0 aromatic heterocycles. The fourth-order valence-electron chi connectivity index (χ4n) is 3.70. The number of nitrogens with zero attached hydrogens (tertiary/aromatic N) is 3. The Morgan fingerprint density at radius 3 is 2.36 bits per heavy atom. The number of carbonyl (C=O) groups excluding carboxylic acids is 2. The quantitative estimate of drug-likeness (QED) is 0.699. The minimum Gasteiger partial charge on any atom is -0.480 e. The summed E-state index contributed by atoms with van der Waals surface area (Å²) in [7, 11) is 2.07. The number of likely N-dealkylation sites (tertiary alicyclic amines) is 1. The molecular formula is C20H27BrFN3O3. The average molecular weight is 456 g/mol. The maximum atomic E-state index is 13.2. The molecule has 154 valence electrons. The topological polar surface area (TPSA) is 53.1 Å². The minimum atomic E-state index is -0.674. The highest BCUT2D eigenvalue weighted by Crippen LogP contribution is 2.27. The van der Waals surface area contributed by atoms with Gasteiger partial charge in [-0.05, 0) is 60.9 Å². The molecule has 1 atom stereocenters. The summed E-state index contributed by atoms with van der Waals surface area (Å²) >= 11 is 3.25. The normalized spacial score (nSPS) is 20.1. The van der Waals surface area contributed by atoms with Crippen LogP contribution in [-0.2, 0) is 9.59 Å². The number of hydrogen-bond acceptors (Lipinski definition) is 4. The van der Waals surface area contributed by atoms with E-state index < -0.39 is 6.10 Å². The Bertz CT molecular complexity index is 717. The number of carbonyl (C=O) groups is 2. The van der Waals surface area contributed by atoms with Crippen molar-refractivity contribution in [1.29, 1.82) is 0 Å². The van der Waals surface area contributed by atoms with Crippen LogP contribution in [-0.4, -0.2) is 78.9 Å². The summed E-state index contributed by atoms with van der Waals surface area (Å²) in [4.78, 5) is 31.4. The van der Waals surface area contributed by atoms with Gasteiger partial charge in [-0.15, -0.1) is 0 Å². The summed E-state index contributed by atoms with van der Waals surface area (Å²) in [5, 5.41) is 0. The lowest BCUT2D eigenvalue weighted by Crippen LogP contribution is -2.51. The molecule has 0 bridgehead atoms. The zero-order valence-electron chi connectivity index (χ0n) is 16.4. The van der Waals surface area contributed by atoms with E-state index in [0.717, 1.165) is 26.2 Å². The van der Waals surface area contributed by atoms with Crippen LogP contribution in [0.1, 0.15) is 19.8 Å². The Kier molecular flexibility index (Phi) is 6.93. The molecule has 0 spiro atoms. The highest BCUT2D eigenvalue weighted by molar-refractivity contribution is 9.10. The molecule has 1 aromatic rings. The zero-order valence-corrected chi connectivity index (χ0v) is 18.0. The lowest BCUT2D eigenvalue weighted by atomic mass is 9.94. The predicted octanol–water partition coefficient (Wildman–Crippen LogP) is 2.37. The van der Waals surface area contributed by atoms with Crippen LogP contribution < -0.4 is 4.74 Å². The Morgan fingerprint density at radius 1 is 1.11 bits per heavy atom. The fourth-order valence-corrected chi connectivity index (χ4v) is 4.14. The van der Waals surface area contributed by atoms with E-state index in [9.17, 15) is 14.0 Å². The minimum absolute atomic E-state index is 0.00470. The predicted molar refractivity (Wildman–Crippen MR) is 108 cm³/mol. The van der Waals surface area contributed by atoms with Gasteiger partial charge < -0.3 is 19.4 Å². The third kappa shape index (κ3) is 5.03. The lowest BCUT2D eigenvalue weighted by Gasteiger charge is -2.38. The van der Waals surface area contributed by atoms with Gasteiger partial charge >= 0.3 is 0 Å². The van der Waals surface area contributed by atoms with Crippen molar-refractivity contribution in [3.05, 3.63) is 28.5 Å². The van der Waals surface area contributed by atoms with Crippen molar-refractivity contribution in [3.63, 3.8) is 0 Å². The van der Waals surface area contributed by atoms with Gasteiger partial charge in [-0.25, -0.2) is 4.39 Å². The van der Waals surface area contributed by atoms with Crippen molar-refractivity contribution in [1.82, 2.24) is 14.7 Å². The molecule has 28 heavy (non-hydrogen) atoms. The van der Waals surface area contributed by atoms with E-state index in [-0.39, 0.29) is 23.5 Å². The molecule has 0 saturated carbocycles. The van der Waals surface area contributed by atoms with Gasteiger partial charge in [0.1, 0.15) is 11.6 Å². The highest BCUT2D eigenvalue weighted by atomic mass is 79.9. The lowest BCUT2D eigenvalue weighted by molar-refractivity contribution is -0.144. The van der Waals surface area contributed by atoms with E-state index in [1.54, 1.807) is 11.8 Å². The van der Waals surface area contributed by atoms with Crippen LogP contribution in [0.4, 0.5) is 4.39 Å². The van der Waals surface area contributed by atoms with Gasteiger partial charge in [0.15, 0.2) is 6.10 Å². The van der Waals surface area contributed by atoms with E-state index in [0.29, 0.717) is 36.2 Å². The van der Waals surface area contributed by atoms with Crippen LogP contribution in [0, 0.1) is 11.7 Å². The van der Waals surface area contributed by atoms with Crippen molar-refractivity contribution >= 4 is 27.7 Å². The number of piperidine rings is 1. The number of benzene rings is 1. The second-order valence-corrected chi connectivity index (χ2v) is 8.42. The smallest absolute Gasteiger partial charge is 0.263 e. The molecule has 0 aliphatic carbocycles. The van der Waals surface area contributed by atoms with E-state index >= 15 is 0 Å². The second kappa shape index (κ2) is 9.22. The fraction of sp³-hybridized carbons (Fsp3) is 0.600. The standard InChI is InChI=1S/C20H27BrFN3O3/c1-14(28-18-4-3-16(22)13-17(18)21)19(26)24-7-5-15(6-8-24)20(27)25-11-9-23(2)10-12-25/h3-4,13-15H,5-12H2,1-2H3. The first-order valence-corrected chi connectivity index (χ1v) is 10.5. The van der Waals surface area contributed by atoms with Gasteiger partial charge in [0.25, 0.3) is 5.91 Å². The first-order valence-electron chi connectivity index (χ1n) is 9.73. The summed E-state index contributed by atoms with van der Waals surface area (Å²) in [6, 6.07) is 4.11. The molecule has 3 rings (SSSR count). The number of halogens is 2. The van der Waals surface area contributed by atoms with Crippen molar-refractivity contribution in [2.45, 2.75) is 25.9 Å². The number of amides is 2. The molecule has 2 heterocycles. The van der Waals surface area contributed by atoms with E-state index in [4.69, 9.17) is 4.74 Å². The molecule has 8 heteroatoms. The first-order chi connectivity index (χ1) is 13.3. The molecule has 2 saturated heterocycles. The van der Waals surface area contributed by atoms with Crippen LogP contribution in [0.3, 0.4) is 0 Å². The van der Waals surface area contributed by atoms with Crippen LogP contribution in [0.2, 0.25) is 0 Å². The molecule has 2 aliphatic heterocycles. The summed E-state index contributed by atoms with van der Waals surface area (Å²) in [6.45, 7) is 6.20. The SMILES string of the molecule is CC(Oc1ccc(F)cc1Br)C(=O)N1CCC(C(=O)N2CCN(C)CC2)CC1. The second-order valence-electron chi connectivity index (χ2n) is 7.56. The van der Waals surface area contributed by atoms with Gasteiger partial charge in [-0.1, -0.05) is 0 Å². The van der Waals surface area contributed by atoms with E-state index in [1.807, 2.05) is 4.90 Å². The van der Waals surface area contributed by atoms with Crippen molar-refractivity contribution < 1.29 is 18.7 Å². The van der Waals surface area contributed by atoms with Crippen LogP contribution in [0.15, 0.2) is 22.7 Å². The number of piperazine rings is 1. The Hall–Kier alpha value is -1.67. The summed E-state index contributed by atoms with van der Waals surface area (Å²) in [5.74, 6) is 0.170. The Morgan fingerprint density at radius 2 is 1.75 bits per heavy atom. The summed E-state index contributed by atoms with van der Waals surface area (Å²) < 4.78 is 19.4. The molecule has 2 fully saturated rings. The van der Waals surface area contributed by atoms with Crippen LogP contribution in [0.5, 0.6) is 5.75 Å². The molecule has 0 N–H and O–H groups in total. The molecule has 0 radical (unpaired) electrons. The molecule has 6 nitrogen and oxygen atoms in total. The molecule has 2 aliphatic rings. The monoisotopic (exact) mass is 455 g/mol. The maximum Gasteiger partial charge on any atom is 0.263 e. The number of likely N-dealkylation sites (N-methyl/N-ethyl adjacent to an activating group) is 1. The van der Waals surface area contributed by atoms with Crippen molar-refractivity contribution in [2.75, 3.05) is 46.3 Å². The van der Waals surface area contributed by atoms with Gasteiger partial charge in [0.2, 0.25) is 5.91 Å². The molecular weight excluding hydrogens is 429 g/mol. The summed E-state index contributed by atoms with van der Waals surface area (Å²) in [6.07, 6.45) is 0.694. The molecule has 1 unspecified atom stereocenters. The van der Waals surface area contributed by atoms with Crippen LogP contribution >= 0.6 is 15.9 Å². The third-order valence-corrected chi connectivity index (χ3v) is 6.14. The van der Waals surface area contributed by atoms with Gasteiger partial charge in [0.05, 0.1) is 4.47 Å². The molecule has 2 amide bonds. The van der Waals surface area contributed by atoms with Crippen LogP contribution in [0.25, 0.3) is 0 Å². The number of ether oxygens (including phenoxy) is 1. The largest absolute Gasteiger partial charge is 0.480 e. The van der Waals surface area contributed by atoms with Gasteiger partial charge in [-0.3, -0.25) is 9.59 Å². The van der Waals surface area contributed by atoms with Crippen molar-refractivity contribution in [2.24, 2.45) is 5.92 Å². The summed E-state index contributed by atoms with van der Waals surface area (Å²) in [5.41, 5.74) is 0. The third-order valence-electron chi connectivity index (χ3n) is 5.52. The maximum absolute atomic E-state index is 13.2. The van der Waals surface area contributed by atoms with E-state index in [1.165, 1.54) is 18.2 Å². The highest BCUT2D eigenvalue weighted by Gasteiger charge is 2.33. The van der Waals surface area contributed by atoms with Gasteiger partial charge in [0, 0.05) is 45.2 Å². The number of rotatable bonds is 4. The Labute approximate surface area is 173 Å². The van der Waals surface area contributed by atoms with Gasteiger partial charge in [-0.2, -0.15) is 0 Å². The number of hydrogen-bond donors (Lipinski definition) is 0. The average Bonchev–Trinajstić information content (AvgIpc) is 2.69. The molecule has 1 aromatic carbocycles. The Balaban J connectivity index is 1.49.